The van der Waals surface area contributed by atoms with Gasteiger partial charge in [0.2, 0.25) is 0 Å². The lowest BCUT2D eigenvalue weighted by atomic mass is 10.1. The number of benzene rings is 3. The van der Waals surface area contributed by atoms with E-state index in [0.717, 1.165) is 42.3 Å². The number of halogens is 2. The predicted molar refractivity (Wildman–Crippen MR) is 131 cm³/mol. The molecule has 0 saturated carbocycles. The maximum atomic E-state index is 12.9. The van der Waals surface area contributed by atoms with Gasteiger partial charge in [-0.2, -0.15) is 0 Å². The maximum absolute atomic E-state index is 12.9. The van der Waals surface area contributed by atoms with E-state index in [4.69, 9.17) is 32.7 Å². The molecule has 172 valence electrons. The number of hydrogen-bond acceptors (Lipinski definition) is 4. The van der Waals surface area contributed by atoms with Gasteiger partial charge in [-0.05, 0) is 59.7 Å². The van der Waals surface area contributed by atoms with Crippen molar-refractivity contribution in [3.8, 4) is 11.5 Å². The number of ether oxygens (including phenoxy) is 2. The van der Waals surface area contributed by atoms with Crippen molar-refractivity contribution in [3.05, 3.63) is 93.5 Å². The summed E-state index contributed by atoms with van der Waals surface area (Å²) in [5.41, 5.74) is 2.83. The molecule has 0 aromatic heterocycles. The van der Waals surface area contributed by atoms with Gasteiger partial charge >= 0.3 is 0 Å². The summed E-state index contributed by atoms with van der Waals surface area (Å²) in [5, 5.41) is 1.13. The molecule has 4 rings (SSSR count). The van der Waals surface area contributed by atoms with Crippen LogP contribution in [-0.2, 0) is 13.2 Å². The maximum Gasteiger partial charge on any atom is 0.253 e. The lowest BCUT2D eigenvalue weighted by Gasteiger charge is -2.34. The third-order valence-electron chi connectivity index (χ3n) is 5.72. The monoisotopic (exact) mass is 484 g/mol. The highest BCUT2D eigenvalue weighted by atomic mass is 35.5. The molecular weight excluding hydrogens is 459 g/mol. The number of carbonyl (C=O) groups is 1. The van der Waals surface area contributed by atoms with Gasteiger partial charge in [0.1, 0.15) is 18.1 Å². The molecule has 3 aromatic carbocycles. The van der Waals surface area contributed by atoms with Crippen molar-refractivity contribution in [3.63, 3.8) is 0 Å². The summed E-state index contributed by atoms with van der Waals surface area (Å²) in [6, 6.07) is 20.8. The topological polar surface area (TPSA) is 42.0 Å². The Morgan fingerprint density at radius 1 is 0.818 bits per heavy atom. The van der Waals surface area contributed by atoms with Gasteiger partial charge in [0.15, 0.2) is 0 Å². The Bertz CT molecular complexity index is 1080. The fourth-order valence-corrected chi connectivity index (χ4v) is 4.09. The van der Waals surface area contributed by atoms with Gasteiger partial charge in [-0.1, -0.05) is 41.4 Å². The van der Waals surface area contributed by atoms with E-state index in [0.29, 0.717) is 35.3 Å². The fourth-order valence-electron chi connectivity index (χ4n) is 3.77. The number of amides is 1. The van der Waals surface area contributed by atoms with Gasteiger partial charge in [0.25, 0.3) is 5.91 Å². The first kappa shape index (κ1) is 23.4. The third-order valence-corrected chi connectivity index (χ3v) is 6.45. The number of rotatable bonds is 7. The Balaban J connectivity index is 1.26. The van der Waals surface area contributed by atoms with Gasteiger partial charge in [0, 0.05) is 38.3 Å². The molecule has 0 bridgehead atoms. The molecule has 0 radical (unpaired) electrons. The average Bonchev–Trinajstić information content (AvgIpc) is 2.86. The van der Waals surface area contributed by atoms with E-state index in [1.807, 2.05) is 71.6 Å². The van der Waals surface area contributed by atoms with Crippen LogP contribution in [-0.4, -0.2) is 49.0 Å². The number of piperazine rings is 1. The lowest BCUT2D eigenvalue weighted by Crippen LogP contribution is -2.48. The lowest BCUT2D eigenvalue weighted by molar-refractivity contribution is 0.0628. The molecule has 3 aromatic rings. The van der Waals surface area contributed by atoms with E-state index < -0.39 is 0 Å². The summed E-state index contributed by atoms with van der Waals surface area (Å²) in [6.07, 6.45) is 0. The third kappa shape index (κ3) is 6.20. The van der Waals surface area contributed by atoms with E-state index in [2.05, 4.69) is 4.90 Å². The van der Waals surface area contributed by atoms with Crippen molar-refractivity contribution >= 4 is 29.1 Å². The molecule has 33 heavy (non-hydrogen) atoms. The number of hydrogen-bond donors (Lipinski definition) is 0. The van der Waals surface area contributed by atoms with Gasteiger partial charge in [-0.15, -0.1) is 0 Å². The van der Waals surface area contributed by atoms with Crippen LogP contribution in [0.15, 0.2) is 66.7 Å². The zero-order valence-electron chi connectivity index (χ0n) is 18.5. The Morgan fingerprint density at radius 3 is 2.09 bits per heavy atom. The first-order chi connectivity index (χ1) is 16.0. The summed E-state index contributed by atoms with van der Waals surface area (Å²) in [6.45, 7) is 4.26. The standard InChI is InChI=1S/C26H26Cl2N2O3/c1-32-22-7-9-23(10-8-22)33-18-19-2-5-21(6-3-19)26(31)30-14-12-29(13-15-30)17-20-4-11-24(27)25(28)16-20/h2-11,16H,12-15,17-18H2,1H3. The molecule has 1 aliphatic heterocycles. The number of carbonyl (C=O) groups excluding carboxylic acids is 1. The summed E-state index contributed by atoms with van der Waals surface area (Å²) < 4.78 is 11.0. The van der Waals surface area contributed by atoms with Crippen LogP contribution in [0.5, 0.6) is 11.5 Å². The van der Waals surface area contributed by atoms with Crippen LogP contribution in [0, 0.1) is 0 Å². The van der Waals surface area contributed by atoms with Crippen LogP contribution in [0.25, 0.3) is 0 Å². The highest BCUT2D eigenvalue weighted by Gasteiger charge is 2.22. The minimum absolute atomic E-state index is 0.0619. The van der Waals surface area contributed by atoms with Gasteiger partial charge in [-0.3, -0.25) is 9.69 Å². The largest absolute Gasteiger partial charge is 0.497 e. The van der Waals surface area contributed by atoms with Crippen LogP contribution < -0.4 is 9.47 Å². The van der Waals surface area contributed by atoms with Crippen LogP contribution in [0.2, 0.25) is 10.0 Å². The van der Waals surface area contributed by atoms with Gasteiger partial charge in [0.05, 0.1) is 17.2 Å². The van der Waals surface area contributed by atoms with Crippen molar-refractivity contribution in [2.24, 2.45) is 0 Å². The van der Waals surface area contributed by atoms with Crippen molar-refractivity contribution in [2.75, 3.05) is 33.3 Å². The van der Waals surface area contributed by atoms with E-state index in [1.165, 1.54) is 0 Å². The van der Waals surface area contributed by atoms with Crippen LogP contribution in [0.3, 0.4) is 0 Å². The molecule has 0 atom stereocenters. The molecule has 7 heteroatoms. The van der Waals surface area contributed by atoms with E-state index in [-0.39, 0.29) is 5.91 Å². The number of nitrogens with zero attached hydrogens (tertiary/aromatic N) is 2. The van der Waals surface area contributed by atoms with Crippen molar-refractivity contribution in [1.82, 2.24) is 9.80 Å². The molecule has 1 saturated heterocycles. The summed E-state index contributed by atoms with van der Waals surface area (Å²) >= 11 is 12.1. The van der Waals surface area contributed by atoms with Gasteiger partial charge in [-0.25, -0.2) is 0 Å². The molecule has 5 nitrogen and oxygen atoms in total. The minimum Gasteiger partial charge on any atom is -0.497 e. The quantitative estimate of drug-likeness (QED) is 0.441. The molecule has 0 aliphatic carbocycles. The van der Waals surface area contributed by atoms with E-state index in [1.54, 1.807) is 7.11 Å². The summed E-state index contributed by atoms with van der Waals surface area (Å²) in [5.74, 6) is 1.63. The van der Waals surface area contributed by atoms with E-state index >= 15 is 0 Å². The van der Waals surface area contributed by atoms with Crippen molar-refractivity contribution in [1.29, 1.82) is 0 Å². The second-order valence-electron chi connectivity index (χ2n) is 7.98. The van der Waals surface area contributed by atoms with Crippen LogP contribution in [0.4, 0.5) is 0 Å². The first-order valence-corrected chi connectivity index (χ1v) is 11.6. The Morgan fingerprint density at radius 2 is 1.45 bits per heavy atom. The minimum atomic E-state index is 0.0619. The van der Waals surface area contributed by atoms with Gasteiger partial charge < -0.3 is 14.4 Å². The zero-order valence-corrected chi connectivity index (χ0v) is 20.0. The molecule has 0 N–H and O–H groups in total. The Kier molecular flexibility index (Phi) is 7.76. The molecular formula is C26H26Cl2N2O3. The predicted octanol–water partition coefficient (Wildman–Crippen LogP) is 5.54. The highest BCUT2D eigenvalue weighted by Crippen LogP contribution is 2.24. The molecule has 0 unspecified atom stereocenters. The van der Waals surface area contributed by atoms with Crippen LogP contribution in [0.1, 0.15) is 21.5 Å². The Labute approximate surface area is 204 Å². The molecule has 1 heterocycles. The highest BCUT2D eigenvalue weighted by molar-refractivity contribution is 6.42. The smallest absolute Gasteiger partial charge is 0.253 e. The normalized spacial score (nSPS) is 14.2. The molecule has 0 spiro atoms. The molecule has 1 aliphatic rings. The summed E-state index contributed by atoms with van der Waals surface area (Å²) in [4.78, 5) is 17.2. The SMILES string of the molecule is COc1ccc(OCc2ccc(C(=O)N3CCN(Cc4ccc(Cl)c(Cl)c4)CC3)cc2)cc1. The first-order valence-electron chi connectivity index (χ1n) is 10.8. The molecule has 1 amide bonds. The van der Waals surface area contributed by atoms with Crippen molar-refractivity contribution in [2.45, 2.75) is 13.2 Å². The summed E-state index contributed by atoms with van der Waals surface area (Å²) in [7, 11) is 1.64. The van der Waals surface area contributed by atoms with Crippen LogP contribution >= 0.6 is 23.2 Å². The van der Waals surface area contributed by atoms with E-state index in [9.17, 15) is 4.79 Å². The fraction of sp³-hybridized carbons (Fsp3) is 0.269. The zero-order chi connectivity index (χ0) is 23.2. The second kappa shape index (κ2) is 10.9. The average molecular weight is 485 g/mol. The Hall–Kier alpha value is -2.73. The number of methoxy groups -OCH3 is 1. The van der Waals surface area contributed by atoms with Crippen molar-refractivity contribution < 1.29 is 14.3 Å². The second-order valence-corrected chi connectivity index (χ2v) is 8.79. The molecule has 1 fully saturated rings.